The van der Waals surface area contributed by atoms with Crippen LogP contribution in [0.1, 0.15) is 71.6 Å². The van der Waals surface area contributed by atoms with Gasteiger partial charge in [0.05, 0.1) is 13.7 Å². The standard InChI is InChI=1S/C23H38N4O6/c1-4-15(2)20-23(32)27-13-9-8-11-17(27)22(31)25-16(21(30)24-14-18(28)26-20)10-6-5-7-12-19(29)33-3/h15-17,20H,4-14H2,1-3H3,(H,24,30)(H,25,31)(H,26,28)/t15?,16-,17-,20-/m1/s1. The molecule has 0 aromatic carbocycles. The minimum atomic E-state index is -0.813. The molecule has 0 aromatic rings. The zero-order valence-electron chi connectivity index (χ0n) is 20.0. The van der Waals surface area contributed by atoms with Crippen LogP contribution in [0.5, 0.6) is 0 Å². The van der Waals surface area contributed by atoms with Crippen molar-refractivity contribution in [1.82, 2.24) is 20.9 Å². The summed E-state index contributed by atoms with van der Waals surface area (Å²) < 4.78 is 4.62. The van der Waals surface area contributed by atoms with Gasteiger partial charge in [-0.05, 0) is 38.0 Å². The molecule has 0 bridgehead atoms. The average Bonchev–Trinajstić information content (AvgIpc) is 2.83. The maximum atomic E-state index is 13.4. The van der Waals surface area contributed by atoms with E-state index in [0.717, 1.165) is 12.8 Å². The number of amides is 4. The minimum absolute atomic E-state index is 0.108. The predicted molar refractivity (Wildman–Crippen MR) is 121 cm³/mol. The number of unbranched alkanes of at least 4 members (excludes halogenated alkanes) is 2. The normalized spacial score (nSPS) is 25.5. The van der Waals surface area contributed by atoms with E-state index in [1.54, 1.807) is 4.90 Å². The van der Waals surface area contributed by atoms with Crippen molar-refractivity contribution >= 4 is 29.6 Å². The lowest BCUT2D eigenvalue weighted by atomic mass is 9.94. The van der Waals surface area contributed by atoms with E-state index in [0.29, 0.717) is 51.5 Å². The summed E-state index contributed by atoms with van der Waals surface area (Å²) in [7, 11) is 1.34. The monoisotopic (exact) mass is 466 g/mol. The number of hydrogen-bond donors (Lipinski definition) is 3. The number of methoxy groups -OCH3 is 1. The number of hydrogen-bond acceptors (Lipinski definition) is 6. The van der Waals surface area contributed by atoms with Crippen LogP contribution in [0.25, 0.3) is 0 Å². The molecular formula is C23H38N4O6. The van der Waals surface area contributed by atoms with Crippen molar-refractivity contribution in [2.45, 2.75) is 89.8 Å². The van der Waals surface area contributed by atoms with E-state index < -0.39 is 29.9 Å². The molecule has 3 N–H and O–H groups in total. The number of esters is 1. The van der Waals surface area contributed by atoms with Crippen LogP contribution < -0.4 is 16.0 Å². The summed E-state index contributed by atoms with van der Waals surface area (Å²) in [5.74, 6) is -1.84. The number of fused-ring (bicyclic) bond motifs is 1. The Bertz CT molecular complexity index is 728. The maximum absolute atomic E-state index is 13.4. The van der Waals surface area contributed by atoms with Crippen LogP contribution in [-0.4, -0.2) is 72.8 Å². The number of rotatable bonds is 8. The average molecular weight is 467 g/mol. The van der Waals surface area contributed by atoms with Crippen LogP contribution in [0.4, 0.5) is 0 Å². The second-order valence-electron chi connectivity index (χ2n) is 8.93. The SMILES string of the molecule is CCC(C)[C@H]1NC(=O)CNC(=O)[C@@H](CCCCCC(=O)OC)NC(=O)[C@H]2CCCCN2C1=O. The van der Waals surface area contributed by atoms with Gasteiger partial charge in [-0.25, -0.2) is 0 Å². The molecule has 2 aliphatic rings. The molecule has 186 valence electrons. The lowest BCUT2D eigenvalue weighted by Crippen LogP contribution is -2.62. The first kappa shape index (κ1) is 26.6. The molecule has 2 fully saturated rings. The van der Waals surface area contributed by atoms with Gasteiger partial charge in [0.1, 0.15) is 18.1 Å². The Balaban J connectivity index is 2.15. The smallest absolute Gasteiger partial charge is 0.305 e. The highest BCUT2D eigenvalue weighted by atomic mass is 16.5. The summed E-state index contributed by atoms with van der Waals surface area (Å²) in [4.78, 5) is 64.6. The van der Waals surface area contributed by atoms with E-state index >= 15 is 0 Å². The van der Waals surface area contributed by atoms with Crippen molar-refractivity contribution in [3.05, 3.63) is 0 Å². The zero-order valence-corrected chi connectivity index (χ0v) is 20.0. The van der Waals surface area contributed by atoms with Crippen molar-refractivity contribution < 1.29 is 28.7 Å². The Morgan fingerprint density at radius 1 is 1.09 bits per heavy atom. The molecule has 0 radical (unpaired) electrons. The molecule has 10 heteroatoms. The first-order valence-corrected chi connectivity index (χ1v) is 12.0. The zero-order chi connectivity index (χ0) is 24.4. The van der Waals surface area contributed by atoms with Gasteiger partial charge < -0.3 is 25.6 Å². The third-order valence-electron chi connectivity index (χ3n) is 6.54. The Morgan fingerprint density at radius 2 is 1.85 bits per heavy atom. The van der Waals surface area contributed by atoms with Gasteiger partial charge in [0.15, 0.2) is 0 Å². The topological polar surface area (TPSA) is 134 Å². The van der Waals surface area contributed by atoms with Gasteiger partial charge in [-0.1, -0.05) is 33.1 Å². The fourth-order valence-electron chi connectivity index (χ4n) is 4.28. The fraction of sp³-hybridized carbons (Fsp3) is 0.783. The van der Waals surface area contributed by atoms with Crippen LogP contribution >= 0.6 is 0 Å². The van der Waals surface area contributed by atoms with Crippen molar-refractivity contribution in [2.24, 2.45) is 5.92 Å². The Labute approximate surface area is 195 Å². The maximum Gasteiger partial charge on any atom is 0.305 e. The van der Waals surface area contributed by atoms with E-state index in [2.05, 4.69) is 20.7 Å². The highest BCUT2D eigenvalue weighted by Crippen LogP contribution is 2.22. The van der Waals surface area contributed by atoms with E-state index in [1.807, 2.05) is 13.8 Å². The third-order valence-corrected chi connectivity index (χ3v) is 6.54. The molecule has 4 amide bonds. The first-order chi connectivity index (χ1) is 15.8. The molecule has 0 aliphatic carbocycles. The number of ether oxygens (including phenoxy) is 1. The molecule has 0 saturated carbocycles. The number of nitrogens with zero attached hydrogens (tertiary/aromatic N) is 1. The molecule has 2 saturated heterocycles. The third kappa shape index (κ3) is 7.71. The summed E-state index contributed by atoms with van der Waals surface area (Å²) >= 11 is 0. The molecule has 0 spiro atoms. The van der Waals surface area contributed by atoms with Crippen molar-refractivity contribution in [1.29, 1.82) is 0 Å². The fourth-order valence-corrected chi connectivity index (χ4v) is 4.28. The summed E-state index contributed by atoms with van der Waals surface area (Å²) in [5, 5.41) is 8.18. The largest absolute Gasteiger partial charge is 0.469 e. The lowest BCUT2D eigenvalue weighted by molar-refractivity contribution is -0.147. The van der Waals surface area contributed by atoms with Crippen molar-refractivity contribution in [2.75, 3.05) is 20.2 Å². The predicted octanol–water partition coefficient (Wildman–Crippen LogP) is 0.637. The number of carbonyl (C=O) groups is 5. The molecule has 10 nitrogen and oxygen atoms in total. The summed E-state index contributed by atoms with van der Waals surface area (Å²) in [5.41, 5.74) is 0. The van der Waals surface area contributed by atoms with Gasteiger partial charge in [-0.2, -0.15) is 0 Å². The second kappa shape index (κ2) is 13.2. The van der Waals surface area contributed by atoms with E-state index in [1.165, 1.54) is 7.11 Å². The minimum Gasteiger partial charge on any atom is -0.469 e. The number of piperidine rings is 1. The molecule has 2 aliphatic heterocycles. The van der Waals surface area contributed by atoms with Gasteiger partial charge in [-0.15, -0.1) is 0 Å². The number of carbonyl (C=O) groups excluding carboxylic acids is 5. The molecule has 0 aromatic heterocycles. The molecule has 33 heavy (non-hydrogen) atoms. The Morgan fingerprint density at radius 3 is 2.55 bits per heavy atom. The van der Waals surface area contributed by atoms with Gasteiger partial charge in [-0.3, -0.25) is 24.0 Å². The summed E-state index contributed by atoms with van der Waals surface area (Å²) in [6, 6.07) is -2.21. The van der Waals surface area contributed by atoms with E-state index in [9.17, 15) is 24.0 Å². The van der Waals surface area contributed by atoms with Crippen molar-refractivity contribution in [3.63, 3.8) is 0 Å². The summed E-state index contributed by atoms with van der Waals surface area (Å²) in [6.07, 6.45) is 5.42. The number of nitrogens with one attached hydrogen (secondary N) is 3. The van der Waals surface area contributed by atoms with Gasteiger partial charge in [0, 0.05) is 13.0 Å². The van der Waals surface area contributed by atoms with Crippen LogP contribution in [0.3, 0.4) is 0 Å². The highest BCUT2D eigenvalue weighted by molar-refractivity contribution is 5.96. The Hall–Kier alpha value is -2.65. The highest BCUT2D eigenvalue weighted by Gasteiger charge is 2.39. The van der Waals surface area contributed by atoms with Crippen LogP contribution in [0.2, 0.25) is 0 Å². The van der Waals surface area contributed by atoms with Gasteiger partial charge in [0.25, 0.3) is 0 Å². The van der Waals surface area contributed by atoms with Gasteiger partial charge >= 0.3 is 5.97 Å². The molecule has 2 heterocycles. The van der Waals surface area contributed by atoms with E-state index in [4.69, 9.17) is 0 Å². The molecule has 4 atom stereocenters. The van der Waals surface area contributed by atoms with Crippen LogP contribution in [-0.2, 0) is 28.7 Å². The second-order valence-corrected chi connectivity index (χ2v) is 8.93. The van der Waals surface area contributed by atoms with E-state index in [-0.39, 0.29) is 30.2 Å². The summed E-state index contributed by atoms with van der Waals surface area (Å²) in [6.45, 7) is 4.02. The molecular weight excluding hydrogens is 428 g/mol. The quantitative estimate of drug-likeness (QED) is 0.355. The Kier molecular flexibility index (Phi) is 10.6. The van der Waals surface area contributed by atoms with Crippen LogP contribution in [0.15, 0.2) is 0 Å². The lowest BCUT2D eigenvalue weighted by Gasteiger charge is -2.39. The first-order valence-electron chi connectivity index (χ1n) is 12.0. The van der Waals surface area contributed by atoms with Gasteiger partial charge in [0.2, 0.25) is 23.6 Å². The molecule has 2 rings (SSSR count). The molecule has 1 unspecified atom stereocenters. The van der Waals surface area contributed by atoms with Crippen LogP contribution in [0, 0.1) is 5.92 Å². The van der Waals surface area contributed by atoms with Crippen molar-refractivity contribution in [3.8, 4) is 0 Å².